The van der Waals surface area contributed by atoms with Gasteiger partial charge in [0.15, 0.2) is 0 Å². The van der Waals surface area contributed by atoms with E-state index in [2.05, 4.69) is 5.32 Å². The summed E-state index contributed by atoms with van der Waals surface area (Å²) < 4.78 is 5.45. The third kappa shape index (κ3) is 3.60. The Balaban J connectivity index is 1.83. The first-order chi connectivity index (χ1) is 14.9. The van der Waals surface area contributed by atoms with Gasteiger partial charge in [-0.2, -0.15) is 11.8 Å². The van der Waals surface area contributed by atoms with Crippen LogP contribution in [0.5, 0.6) is 0 Å². The number of thiophene rings is 1. The quantitative estimate of drug-likeness (QED) is 0.505. The molecule has 3 heterocycles. The van der Waals surface area contributed by atoms with Gasteiger partial charge in [-0.05, 0) is 55.9 Å². The van der Waals surface area contributed by atoms with Crippen LogP contribution in [0, 0.1) is 18.8 Å². The van der Waals surface area contributed by atoms with E-state index in [0.29, 0.717) is 17.9 Å². The lowest BCUT2D eigenvalue weighted by Crippen LogP contribution is -2.57. The summed E-state index contributed by atoms with van der Waals surface area (Å²) >= 11 is 3.12. The number of rotatable bonds is 7. The highest BCUT2D eigenvalue weighted by Gasteiger charge is 2.68. The highest BCUT2D eigenvalue weighted by Crippen LogP contribution is 2.52. The number of carbonyl (C=O) groups is 3. The number of anilines is 1. The fraction of sp³-hybridized carbons (Fsp3) is 0.435. The lowest BCUT2D eigenvalue weighted by atomic mass is 9.78. The molecule has 8 heteroatoms. The van der Waals surface area contributed by atoms with Crippen LogP contribution in [0.1, 0.15) is 29.8 Å². The number of nitrogens with one attached hydrogen (secondary N) is 1. The number of carbonyl (C=O) groups excluding carboxylic acids is 3. The van der Waals surface area contributed by atoms with Crippen LogP contribution in [0.15, 0.2) is 41.8 Å². The van der Waals surface area contributed by atoms with E-state index in [9.17, 15) is 14.4 Å². The van der Waals surface area contributed by atoms with E-state index < -0.39 is 29.4 Å². The largest absolute Gasteiger partial charge is 0.465 e. The van der Waals surface area contributed by atoms with Gasteiger partial charge in [0.1, 0.15) is 5.54 Å². The van der Waals surface area contributed by atoms with Gasteiger partial charge in [0.05, 0.1) is 30.2 Å². The van der Waals surface area contributed by atoms with E-state index in [0.717, 1.165) is 10.4 Å². The van der Waals surface area contributed by atoms with Crippen molar-refractivity contribution in [3.05, 3.63) is 52.2 Å². The molecule has 1 aromatic carbocycles. The van der Waals surface area contributed by atoms with E-state index in [4.69, 9.17) is 4.74 Å². The average molecular weight is 459 g/mol. The third-order valence-electron chi connectivity index (χ3n) is 6.14. The number of amides is 2. The number of nitrogens with zero attached hydrogens (tertiary/aromatic N) is 1. The van der Waals surface area contributed by atoms with E-state index in [-0.39, 0.29) is 18.4 Å². The molecule has 0 radical (unpaired) electrons. The van der Waals surface area contributed by atoms with Crippen molar-refractivity contribution in [1.29, 1.82) is 0 Å². The number of aryl methyl sites for hydroxylation is 1. The van der Waals surface area contributed by atoms with Crippen LogP contribution < -0.4 is 10.2 Å². The first-order valence-electron chi connectivity index (χ1n) is 10.4. The number of benzene rings is 1. The van der Waals surface area contributed by atoms with Crippen molar-refractivity contribution in [3.8, 4) is 0 Å². The second kappa shape index (κ2) is 8.76. The zero-order valence-electron chi connectivity index (χ0n) is 17.8. The predicted octanol–water partition coefficient (Wildman–Crippen LogP) is 3.56. The molecule has 2 aliphatic rings. The molecule has 0 unspecified atom stereocenters. The predicted molar refractivity (Wildman–Crippen MR) is 123 cm³/mol. The Bertz CT molecular complexity index is 976. The zero-order valence-corrected chi connectivity index (χ0v) is 19.4. The molecule has 6 nitrogen and oxygen atoms in total. The second-order valence-electron chi connectivity index (χ2n) is 7.92. The summed E-state index contributed by atoms with van der Waals surface area (Å²) in [7, 11) is 0. The van der Waals surface area contributed by atoms with Gasteiger partial charge in [0.25, 0.3) is 0 Å². The standard InChI is InChI=1S/C23H26N2O4S2/c1-4-29-22(28)23(11-13-30-3)18-17(19(24-23)16-6-5-12-31-16)20(26)25(21(18)27)15-9-7-14(2)8-10-15/h5-10,12,17-19,24H,4,11,13H2,1-3H3/t17-,18+,19+,23+/m0/s1. The maximum absolute atomic E-state index is 13.7. The van der Waals surface area contributed by atoms with Crippen molar-refractivity contribution in [3.63, 3.8) is 0 Å². The Kier molecular flexibility index (Phi) is 6.23. The van der Waals surface area contributed by atoms with E-state index in [1.54, 1.807) is 30.8 Å². The van der Waals surface area contributed by atoms with Gasteiger partial charge in [-0.15, -0.1) is 11.3 Å². The van der Waals surface area contributed by atoms with Crippen LogP contribution in [-0.4, -0.2) is 41.9 Å². The topological polar surface area (TPSA) is 75.7 Å². The highest BCUT2D eigenvalue weighted by atomic mass is 32.2. The minimum atomic E-state index is -1.23. The lowest BCUT2D eigenvalue weighted by molar-refractivity contribution is -0.154. The number of esters is 1. The molecule has 2 fully saturated rings. The zero-order chi connectivity index (χ0) is 22.2. The van der Waals surface area contributed by atoms with Crippen LogP contribution in [0.3, 0.4) is 0 Å². The molecule has 2 aliphatic heterocycles. The number of fused-ring (bicyclic) bond motifs is 1. The smallest absolute Gasteiger partial charge is 0.327 e. The molecule has 164 valence electrons. The molecule has 2 aromatic rings. The summed E-state index contributed by atoms with van der Waals surface area (Å²) in [5.74, 6) is -1.85. The molecule has 2 saturated heterocycles. The number of thioether (sulfide) groups is 1. The van der Waals surface area contributed by atoms with Gasteiger partial charge in [-0.25, -0.2) is 4.90 Å². The molecule has 1 N–H and O–H groups in total. The van der Waals surface area contributed by atoms with Crippen LogP contribution in [0.2, 0.25) is 0 Å². The van der Waals surface area contributed by atoms with E-state index in [1.807, 2.05) is 42.8 Å². The Morgan fingerprint density at radius 1 is 1.23 bits per heavy atom. The Morgan fingerprint density at radius 3 is 2.58 bits per heavy atom. The van der Waals surface area contributed by atoms with Crippen LogP contribution in [0.4, 0.5) is 5.69 Å². The molecule has 0 saturated carbocycles. The van der Waals surface area contributed by atoms with Crippen molar-refractivity contribution in [2.75, 3.05) is 23.5 Å². The average Bonchev–Trinajstić information content (AvgIpc) is 3.45. The number of imide groups is 1. The Labute approximate surface area is 190 Å². The summed E-state index contributed by atoms with van der Waals surface area (Å²) in [6, 6.07) is 10.8. The molecule has 0 spiro atoms. The number of ether oxygens (including phenoxy) is 1. The molecule has 4 rings (SSSR count). The molecule has 4 atom stereocenters. The first kappa shape index (κ1) is 22.0. The molecule has 2 amide bonds. The van der Waals surface area contributed by atoms with Gasteiger partial charge < -0.3 is 4.74 Å². The fourth-order valence-electron chi connectivity index (χ4n) is 4.71. The summed E-state index contributed by atoms with van der Waals surface area (Å²) in [5, 5.41) is 5.37. The van der Waals surface area contributed by atoms with E-state index in [1.165, 1.54) is 16.2 Å². The normalized spacial score (nSPS) is 27.6. The van der Waals surface area contributed by atoms with Gasteiger partial charge in [0, 0.05) is 4.88 Å². The van der Waals surface area contributed by atoms with Gasteiger partial charge >= 0.3 is 5.97 Å². The van der Waals surface area contributed by atoms with Gasteiger partial charge in [-0.3, -0.25) is 19.7 Å². The molecular weight excluding hydrogens is 432 g/mol. The molecular formula is C23H26N2O4S2. The monoisotopic (exact) mass is 458 g/mol. The van der Waals surface area contributed by atoms with Crippen molar-refractivity contribution in [2.45, 2.75) is 31.8 Å². The highest BCUT2D eigenvalue weighted by molar-refractivity contribution is 7.98. The van der Waals surface area contributed by atoms with E-state index >= 15 is 0 Å². The molecule has 1 aromatic heterocycles. The Morgan fingerprint density at radius 2 is 1.97 bits per heavy atom. The number of hydrogen-bond acceptors (Lipinski definition) is 7. The summed E-state index contributed by atoms with van der Waals surface area (Å²) in [6.07, 6.45) is 2.37. The summed E-state index contributed by atoms with van der Waals surface area (Å²) in [4.78, 5) is 42.9. The molecule has 31 heavy (non-hydrogen) atoms. The van der Waals surface area contributed by atoms with Crippen molar-refractivity contribution < 1.29 is 19.1 Å². The van der Waals surface area contributed by atoms with Gasteiger partial charge in [0.2, 0.25) is 11.8 Å². The van der Waals surface area contributed by atoms with Crippen LogP contribution in [-0.2, 0) is 19.1 Å². The van der Waals surface area contributed by atoms with Crippen molar-refractivity contribution in [2.24, 2.45) is 11.8 Å². The fourth-order valence-corrected chi connectivity index (χ4v) is 6.06. The lowest BCUT2D eigenvalue weighted by Gasteiger charge is -2.32. The molecule has 0 bridgehead atoms. The maximum atomic E-state index is 13.7. The SMILES string of the molecule is CCOC(=O)[C@]1(CCSC)N[C@H](c2cccs2)[C@H]2C(=O)N(c3ccc(C)cc3)C(=O)[C@@H]21. The number of hydrogen-bond donors (Lipinski definition) is 1. The summed E-state index contributed by atoms with van der Waals surface area (Å²) in [5.41, 5.74) is 0.356. The minimum absolute atomic E-state index is 0.215. The van der Waals surface area contributed by atoms with Crippen molar-refractivity contribution in [1.82, 2.24) is 5.32 Å². The second-order valence-corrected chi connectivity index (χ2v) is 9.89. The van der Waals surface area contributed by atoms with Gasteiger partial charge in [-0.1, -0.05) is 23.8 Å². The maximum Gasteiger partial charge on any atom is 0.327 e. The summed E-state index contributed by atoms with van der Waals surface area (Å²) in [6.45, 7) is 3.92. The van der Waals surface area contributed by atoms with Crippen LogP contribution >= 0.6 is 23.1 Å². The third-order valence-corrected chi connectivity index (χ3v) is 7.70. The first-order valence-corrected chi connectivity index (χ1v) is 12.6. The van der Waals surface area contributed by atoms with Crippen LogP contribution in [0.25, 0.3) is 0 Å². The van der Waals surface area contributed by atoms with Crippen molar-refractivity contribution >= 4 is 46.6 Å². The molecule has 0 aliphatic carbocycles. The minimum Gasteiger partial charge on any atom is -0.465 e. The Hall–Kier alpha value is -2.16.